The van der Waals surface area contributed by atoms with E-state index in [1.54, 1.807) is 39.5 Å². The van der Waals surface area contributed by atoms with E-state index in [2.05, 4.69) is 0 Å². The zero-order chi connectivity index (χ0) is 28.6. The van der Waals surface area contributed by atoms with Crippen molar-refractivity contribution in [1.82, 2.24) is 0 Å². The summed E-state index contributed by atoms with van der Waals surface area (Å²) in [7, 11) is 6.19. The molecule has 3 saturated heterocycles. The van der Waals surface area contributed by atoms with Crippen LogP contribution in [0.4, 0.5) is 0 Å². The van der Waals surface area contributed by atoms with Crippen molar-refractivity contribution in [3.05, 3.63) is 47.5 Å². The Bertz CT molecular complexity index is 1170. The van der Waals surface area contributed by atoms with Gasteiger partial charge >= 0.3 is 0 Å². The Kier molecular flexibility index (Phi) is 8.41. The van der Waals surface area contributed by atoms with Gasteiger partial charge in [0.25, 0.3) is 0 Å². The van der Waals surface area contributed by atoms with E-state index in [-0.39, 0.29) is 13.2 Å². The van der Waals surface area contributed by atoms with Crippen LogP contribution in [0.2, 0.25) is 0 Å². The van der Waals surface area contributed by atoms with Crippen molar-refractivity contribution in [2.45, 2.75) is 48.5 Å². The lowest BCUT2D eigenvalue weighted by molar-refractivity contribution is -0.333. The Morgan fingerprint density at radius 2 is 1.38 bits per heavy atom. The van der Waals surface area contributed by atoms with Gasteiger partial charge in [0.15, 0.2) is 29.3 Å². The van der Waals surface area contributed by atoms with Crippen molar-refractivity contribution in [3.63, 3.8) is 0 Å². The number of aliphatic hydroxyl groups is 4. The fourth-order valence-corrected chi connectivity index (χ4v) is 5.86. The predicted octanol–water partition coefficient (Wildman–Crippen LogP) is 0.735. The highest BCUT2D eigenvalue weighted by molar-refractivity contribution is 5.46. The van der Waals surface area contributed by atoms with Gasteiger partial charge in [-0.2, -0.15) is 0 Å². The van der Waals surface area contributed by atoms with Crippen LogP contribution in [-0.2, 0) is 18.9 Å². The van der Waals surface area contributed by atoms with Crippen molar-refractivity contribution >= 4 is 0 Å². The van der Waals surface area contributed by atoms with Gasteiger partial charge in [-0.05, 0) is 35.4 Å². The summed E-state index contributed by atoms with van der Waals surface area (Å²) in [5.74, 6) is 1.74. The quantitative estimate of drug-likeness (QED) is 0.339. The van der Waals surface area contributed by atoms with Gasteiger partial charge in [0, 0.05) is 5.92 Å². The van der Waals surface area contributed by atoms with Crippen LogP contribution >= 0.6 is 0 Å². The molecule has 0 spiro atoms. The number of rotatable bonds is 9. The standard InChI is InChI=1S/C28H36O12/c1-33-17-7-5-14(9-19(17)35-3)25-16-12-37-26(15-6-8-18(34-2)20(10-15)36-4)28(16,13-38-25)40-27-24(32)23(31)22(30)21(11-29)39-27/h5-10,16,21-27,29-32H,11-13H2,1-4H3/t16-,21-,22-,23+,24-,25-,26-,27+,28-/m1/s1. The number of ether oxygens (including phenoxy) is 8. The molecule has 5 rings (SSSR count). The second-order valence-electron chi connectivity index (χ2n) is 10.1. The molecule has 0 aromatic heterocycles. The Morgan fingerprint density at radius 1 is 0.775 bits per heavy atom. The largest absolute Gasteiger partial charge is 0.493 e. The van der Waals surface area contributed by atoms with Gasteiger partial charge in [-0.15, -0.1) is 0 Å². The SMILES string of the molecule is COc1ccc([C@H]2OC[C@]3(O[C@@H]4O[C@H](CO)[C@@H](O)[C@H](O)[C@H]4O)[C@@H](c4ccc(OC)c(OC)c4)OC[C@H]23)cc1OC. The van der Waals surface area contributed by atoms with Crippen LogP contribution in [0.25, 0.3) is 0 Å². The van der Waals surface area contributed by atoms with Gasteiger partial charge in [0.05, 0.1) is 54.4 Å². The lowest BCUT2D eigenvalue weighted by Crippen LogP contribution is -2.61. The second-order valence-corrected chi connectivity index (χ2v) is 10.1. The fraction of sp³-hybridized carbons (Fsp3) is 0.571. The van der Waals surface area contributed by atoms with Crippen LogP contribution in [0.3, 0.4) is 0 Å². The van der Waals surface area contributed by atoms with Gasteiger partial charge in [-0.25, -0.2) is 0 Å². The molecule has 0 aliphatic carbocycles. The molecule has 0 saturated carbocycles. The minimum absolute atomic E-state index is 0.0463. The Hall–Kier alpha value is -2.68. The second kappa shape index (κ2) is 11.7. The maximum Gasteiger partial charge on any atom is 0.187 e. The number of fused-ring (bicyclic) bond motifs is 1. The summed E-state index contributed by atoms with van der Waals surface area (Å²) in [4.78, 5) is 0. The van der Waals surface area contributed by atoms with E-state index in [0.717, 1.165) is 5.56 Å². The number of aliphatic hydroxyl groups excluding tert-OH is 4. The van der Waals surface area contributed by atoms with Crippen LogP contribution in [0, 0.1) is 5.92 Å². The molecule has 12 heteroatoms. The third-order valence-corrected chi connectivity index (χ3v) is 8.00. The van der Waals surface area contributed by atoms with E-state index in [4.69, 9.17) is 37.9 Å². The fourth-order valence-electron chi connectivity index (χ4n) is 5.86. The van der Waals surface area contributed by atoms with Gasteiger partial charge < -0.3 is 58.3 Å². The summed E-state index contributed by atoms with van der Waals surface area (Å²) < 4.78 is 46.8. The molecule has 9 atom stereocenters. The molecule has 3 aliphatic rings. The minimum atomic E-state index is -1.60. The summed E-state index contributed by atoms with van der Waals surface area (Å²) in [5.41, 5.74) is 0.310. The lowest BCUT2D eigenvalue weighted by atomic mass is 9.80. The third-order valence-electron chi connectivity index (χ3n) is 8.00. The molecule has 40 heavy (non-hydrogen) atoms. The van der Waals surface area contributed by atoms with Crippen molar-refractivity contribution in [2.24, 2.45) is 5.92 Å². The average molecular weight is 565 g/mol. The molecule has 0 amide bonds. The number of benzene rings is 2. The molecular weight excluding hydrogens is 528 g/mol. The molecule has 3 aliphatic heterocycles. The van der Waals surface area contributed by atoms with Crippen LogP contribution in [0.15, 0.2) is 36.4 Å². The van der Waals surface area contributed by atoms with Crippen LogP contribution in [0.5, 0.6) is 23.0 Å². The van der Waals surface area contributed by atoms with Crippen molar-refractivity contribution in [2.75, 3.05) is 48.3 Å². The Morgan fingerprint density at radius 3 is 1.98 bits per heavy atom. The molecule has 4 N–H and O–H groups in total. The maximum absolute atomic E-state index is 10.8. The van der Waals surface area contributed by atoms with Crippen molar-refractivity contribution < 1.29 is 58.3 Å². The zero-order valence-electron chi connectivity index (χ0n) is 22.8. The molecule has 2 aromatic rings. The van der Waals surface area contributed by atoms with Crippen LogP contribution < -0.4 is 18.9 Å². The average Bonchev–Trinajstić information content (AvgIpc) is 3.53. The predicted molar refractivity (Wildman–Crippen MR) is 138 cm³/mol. The van der Waals surface area contributed by atoms with E-state index in [1.807, 2.05) is 18.2 Å². The topological polar surface area (TPSA) is 155 Å². The first-order chi connectivity index (χ1) is 19.3. The van der Waals surface area contributed by atoms with E-state index in [0.29, 0.717) is 28.6 Å². The Labute approximate surface area is 231 Å². The van der Waals surface area contributed by atoms with E-state index >= 15 is 0 Å². The Balaban J connectivity index is 1.54. The molecule has 12 nitrogen and oxygen atoms in total. The van der Waals surface area contributed by atoms with E-state index in [9.17, 15) is 20.4 Å². The monoisotopic (exact) mass is 564 g/mol. The minimum Gasteiger partial charge on any atom is -0.493 e. The molecule has 3 heterocycles. The summed E-state index contributed by atoms with van der Waals surface area (Å²) in [6.45, 7) is -0.304. The van der Waals surface area contributed by atoms with Gasteiger partial charge in [0.2, 0.25) is 0 Å². The van der Waals surface area contributed by atoms with Crippen LogP contribution in [-0.4, -0.2) is 105 Å². The number of methoxy groups -OCH3 is 4. The van der Waals surface area contributed by atoms with Crippen molar-refractivity contribution in [3.8, 4) is 23.0 Å². The normalized spacial score (nSPS) is 35.3. The molecule has 2 aromatic carbocycles. The van der Waals surface area contributed by atoms with E-state index < -0.39 is 61.0 Å². The van der Waals surface area contributed by atoms with Crippen LogP contribution in [0.1, 0.15) is 23.3 Å². The highest BCUT2D eigenvalue weighted by Crippen LogP contribution is 2.57. The zero-order valence-corrected chi connectivity index (χ0v) is 22.8. The smallest absolute Gasteiger partial charge is 0.187 e. The first-order valence-corrected chi connectivity index (χ1v) is 13.0. The first-order valence-electron chi connectivity index (χ1n) is 13.0. The summed E-state index contributed by atoms with van der Waals surface area (Å²) >= 11 is 0. The first kappa shape index (κ1) is 28.8. The van der Waals surface area contributed by atoms with Crippen molar-refractivity contribution in [1.29, 1.82) is 0 Å². The number of hydrogen-bond acceptors (Lipinski definition) is 12. The molecular formula is C28H36O12. The summed E-state index contributed by atoms with van der Waals surface area (Å²) in [5, 5.41) is 41.3. The summed E-state index contributed by atoms with van der Waals surface area (Å²) in [6, 6.07) is 10.9. The van der Waals surface area contributed by atoms with Gasteiger partial charge in [-0.1, -0.05) is 12.1 Å². The molecule has 0 bridgehead atoms. The number of hydrogen-bond donors (Lipinski definition) is 4. The van der Waals surface area contributed by atoms with Gasteiger partial charge in [-0.3, -0.25) is 0 Å². The van der Waals surface area contributed by atoms with E-state index in [1.165, 1.54) is 7.11 Å². The molecule has 0 radical (unpaired) electrons. The van der Waals surface area contributed by atoms with Gasteiger partial charge in [0.1, 0.15) is 36.1 Å². The molecule has 3 fully saturated rings. The molecule has 0 unspecified atom stereocenters. The molecule has 220 valence electrons. The summed E-state index contributed by atoms with van der Waals surface area (Å²) in [6.07, 6.45) is -8.44. The highest BCUT2D eigenvalue weighted by Gasteiger charge is 2.63. The maximum atomic E-state index is 10.8. The lowest BCUT2D eigenvalue weighted by Gasteiger charge is -2.44. The highest BCUT2D eigenvalue weighted by atomic mass is 16.7. The third kappa shape index (κ3) is 4.78.